The van der Waals surface area contributed by atoms with Gasteiger partial charge in [-0.2, -0.15) is 17.5 Å². The van der Waals surface area contributed by atoms with Gasteiger partial charge in [0.05, 0.1) is 16.5 Å². The van der Waals surface area contributed by atoms with E-state index in [0.717, 1.165) is 25.0 Å². The summed E-state index contributed by atoms with van der Waals surface area (Å²) in [5.74, 6) is 0.274. The second-order valence-corrected chi connectivity index (χ2v) is 13.5. The number of carbonyl (C=O) groups excluding carboxylic acids is 1. The fourth-order valence-corrected chi connectivity index (χ4v) is 6.63. The minimum Gasteiger partial charge on any atom is -0.352 e. The van der Waals surface area contributed by atoms with E-state index < -0.39 is 21.8 Å². The van der Waals surface area contributed by atoms with Crippen molar-refractivity contribution in [1.82, 2.24) is 14.9 Å². The van der Waals surface area contributed by atoms with Gasteiger partial charge in [-0.15, -0.1) is 0 Å². The van der Waals surface area contributed by atoms with E-state index in [0.29, 0.717) is 24.9 Å². The van der Waals surface area contributed by atoms with Crippen molar-refractivity contribution in [3.05, 3.63) is 29.8 Å². The summed E-state index contributed by atoms with van der Waals surface area (Å²) in [4.78, 5) is 12.8. The van der Waals surface area contributed by atoms with Crippen LogP contribution in [0.5, 0.6) is 0 Å². The van der Waals surface area contributed by atoms with Crippen LogP contribution in [-0.2, 0) is 21.0 Å². The second-order valence-electron chi connectivity index (χ2n) is 11.6. The quantitative estimate of drug-likeness (QED) is 0.540. The van der Waals surface area contributed by atoms with E-state index in [1.54, 1.807) is 0 Å². The minimum atomic E-state index is -4.62. The molecule has 0 aromatic heterocycles. The lowest BCUT2D eigenvalue weighted by Gasteiger charge is -2.28. The SMILES string of the molecule is CC(C)C[C@H](NCC(C)(C)C)C(=O)N[C@@H]1CC[C@H]2CN(S(=O)(=O)c3cccc(C(F)(F)F)c3)C[C@H]21. The molecule has 0 unspecified atom stereocenters. The van der Waals surface area contributed by atoms with E-state index in [9.17, 15) is 26.4 Å². The smallest absolute Gasteiger partial charge is 0.352 e. The molecule has 1 aromatic rings. The number of rotatable bonds is 8. The Balaban J connectivity index is 1.69. The van der Waals surface area contributed by atoms with E-state index in [4.69, 9.17) is 0 Å². The zero-order valence-corrected chi connectivity index (χ0v) is 22.0. The molecule has 1 saturated heterocycles. The first-order valence-corrected chi connectivity index (χ1v) is 13.7. The van der Waals surface area contributed by atoms with Crippen molar-refractivity contribution in [1.29, 1.82) is 0 Å². The predicted octanol–water partition coefficient (Wildman–Crippen LogP) is 4.27. The van der Waals surface area contributed by atoms with Gasteiger partial charge in [0.15, 0.2) is 0 Å². The molecule has 2 fully saturated rings. The van der Waals surface area contributed by atoms with Crippen LogP contribution in [-0.4, -0.2) is 50.3 Å². The molecule has 0 spiro atoms. The van der Waals surface area contributed by atoms with Gasteiger partial charge < -0.3 is 10.6 Å². The van der Waals surface area contributed by atoms with Crippen LogP contribution >= 0.6 is 0 Å². The summed E-state index contributed by atoms with van der Waals surface area (Å²) in [6.45, 7) is 11.6. The number of amides is 1. The molecule has 4 atom stereocenters. The molecule has 6 nitrogen and oxygen atoms in total. The van der Waals surface area contributed by atoms with Crippen molar-refractivity contribution in [2.24, 2.45) is 23.2 Å². The van der Waals surface area contributed by atoms with Crippen molar-refractivity contribution in [3.63, 3.8) is 0 Å². The largest absolute Gasteiger partial charge is 0.416 e. The van der Waals surface area contributed by atoms with Crippen LogP contribution in [0.25, 0.3) is 0 Å². The molecule has 2 aliphatic rings. The van der Waals surface area contributed by atoms with E-state index in [1.165, 1.54) is 10.4 Å². The molecular weight excluding hydrogens is 479 g/mol. The Hall–Kier alpha value is -1.65. The Morgan fingerprint density at radius 2 is 1.83 bits per heavy atom. The molecule has 35 heavy (non-hydrogen) atoms. The van der Waals surface area contributed by atoms with Crippen LogP contribution in [0.15, 0.2) is 29.2 Å². The third-order valence-corrected chi connectivity index (χ3v) is 8.68. The maximum absolute atomic E-state index is 13.2. The number of hydrogen-bond acceptors (Lipinski definition) is 4. The maximum atomic E-state index is 13.2. The third-order valence-electron chi connectivity index (χ3n) is 6.85. The first-order valence-electron chi connectivity index (χ1n) is 12.3. The topological polar surface area (TPSA) is 78.5 Å². The highest BCUT2D eigenvalue weighted by Gasteiger charge is 2.47. The normalized spacial score (nSPS) is 24.5. The predicted molar refractivity (Wildman–Crippen MR) is 129 cm³/mol. The molecular formula is C25H38F3N3O3S. The highest BCUT2D eigenvalue weighted by Crippen LogP contribution is 2.41. The highest BCUT2D eigenvalue weighted by molar-refractivity contribution is 7.89. The summed E-state index contributed by atoms with van der Waals surface area (Å²) < 4.78 is 66.9. The third kappa shape index (κ3) is 6.98. The van der Waals surface area contributed by atoms with E-state index in [-0.39, 0.29) is 53.2 Å². The first kappa shape index (κ1) is 27.9. The summed E-state index contributed by atoms with van der Waals surface area (Å²) >= 11 is 0. The number of fused-ring (bicyclic) bond motifs is 1. The van der Waals surface area contributed by atoms with Crippen molar-refractivity contribution < 1.29 is 26.4 Å². The molecule has 2 N–H and O–H groups in total. The lowest BCUT2D eigenvalue weighted by molar-refractivity contribution is -0.137. The molecule has 0 bridgehead atoms. The Labute approximate surface area is 207 Å². The van der Waals surface area contributed by atoms with Gasteiger partial charge in [-0.25, -0.2) is 8.42 Å². The number of nitrogens with one attached hydrogen (secondary N) is 2. The van der Waals surface area contributed by atoms with Crippen LogP contribution in [0, 0.1) is 23.2 Å². The van der Waals surface area contributed by atoms with Crippen LogP contribution in [0.4, 0.5) is 13.2 Å². The van der Waals surface area contributed by atoms with Gasteiger partial charge >= 0.3 is 6.18 Å². The van der Waals surface area contributed by atoms with Gasteiger partial charge in [0.25, 0.3) is 0 Å². The van der Waals surface area contributed by atoms with Gasteiger partial charge in [-0.3, -0.25) is 4.79 Å². The summed E-state index contributed by atoms with van der Waals surface area (Å²) in [5.41, 5.74) is -0.959. The molecule has 1 aromatic carbocycles. The number of benzene rings is 1. The van der Waals surface area contributed by atoms with Crippen molar-refractivity contribution >= 4 is 15.9 Å². The van der Waals surface area contributed by atoms with Crippen molar-refractivity contribution in [2.75, 3.05) is 19.6 Å². The van der Waals surface area contributed by atoms with Crippen molar-refractivity contribution in [2.45, 2.75) is 77.0 Å². The number of sulfonamides is 1. The van der Waals surface area contributed by atoms with Gasteiger partial charge in [-0.1, -0.05) is 40.7 Å². The average molecular weight is 518 g/mol. The molecule has 10 heteroatoms. The van der Waals surface area contributed by atoms with Crippen molar-refractivity contribution in [3.8, 4) is 0 Å². The molecule has 3 rings (SSSR count). The highest BCUT2D eigenvalue weighted by atomic mass is 32.2. The molecule has 1 aliphatic carbocycles. The Kier molecular flexibility index (Phi) is 8.28. The Morgan fingerprint density at radius 3 is 2.43 bits per heavy atom. The van der Waals surface area contributed by atoms with Gasteiger partial charge in [0.2, 0.25) is 15.9 Å². The lowest BCUT2D eigenvalue weighted by Crippen LogP contribution is -2.51. The first-order chi connectivity index (χ1) is 16.1. The number of hydrogen-bond donors (Lipinski definition) is 2. The second kappa shape index (κ2) is 10.4. The summed E-state index contributed by atoms with van der Waals surface area (Å²) in [6, 6.07) is 3.40. The minimum absolute atomic E-state index is 0.0255. The maximum Gasteiger partial charge on any atom is 0.416 e. The Morgan fingerprint density at radius 1 is 1.14 bits per heavy atom. The number of alkyl halides is 3. The van der Waals surface area contributed by atoms with Crippen LogP contribution in [0.2, 0.25) is 0 Å². The van der Waals surface area contributed by atoms with Gasteiger partial charge in [0.1, 0.15) is 0 Å². The fraction of sp³-hybridized carbons (Fsp3) is 0.720. The summed E-state index contributed by atoms with van der Waals surface area (Å²) in [6.07, 6.45) is -2.38. The molecule has 1 amide bonds. The number of halogens is 3. The number of carbonyl (C=O) groups is 1. The monoisotopic (exact) mass is 517 g/mol. The number of nitrogens with zero attached hydrogens (tertiary/aromatic N) is 1. The van der Waals surface area contributed by atoms with E-state index in [1.807, 2.05) is 0 Å². The van der Waals surface area contributed by atoms with E-state index >= 15 is 0 Å². The molecule has 1 aliphatic heterocycles. The van der Waals surface area contributed by atoms with Crippen LogP contribution < -0.4 is 10.6 Å². The van der Waals surface area contributed by atoms with E-state index in [2.05, 4.69) is 45.3 Å². The zero-order valence-electron chi connectivity index (χ0n) is 21.2. The molecule has 1 heterocycles. The lowest BCUT2D eigenvalue weighted by atomic mass is 9.94. The summed E-state index contributed by atoms with van der Waals surface area (Å²) in [5, 5.41) is 6.55. The van der Waals surface area contributed by atoms with Crippen LogP contribution in [0.3, 0.4) is 0 Å². The van der Waals surface area contributed by atoms with Crippen LogP contribution in [0.1, 0.15) is 59.4 Å². The summed E-state index contributed by atoms with van der Waals surface area (Å²) in [7, 11) is -4.06. The van der Waals surface area contributed by atoms with Gasteiger partial charge in [0, 0.05) is 25.7 Å². The van der Waals surface area contributed by atoms with Gasteiger partial charge in [-0.05, 0) is 60.6 Å². The Bertz CT molecular complexity index is 1010. The average Bonchev–Trinajstić information content (AvgIpc) is 3.32. The zero-order chi connectivity index (χ0) is 26.2. The molecule has 0 radical (unpaired) electrons. The molecule has 198 valence electrons. The fourth-order valence-electron chi connectivity index (χ4n) is 5.05. The molecule has 1 saturated carbocycles. The standard InChI is InChI=1S/C25H38F3N3O3S/c1-16(2)11-22(29-15-24(3,4)5)23(32)30-21-10-9-17-13-31(14-20(17)21)35(33,34)19-8-6-7-18(12-19)25(26,27)28/h6-8,12,16-17,20-22,29H,9-11,13-15H2,1-5H3,(H,30,32)/t17-,20+,21+,22-/m0/s1.